The third-order valence-corrected chi connectivity index (χ3v) is 3.72. The smallest absolute Gasteiger partial charge is 0.217 e. The van der Waals surface area contributed by atoms with Gasteiger partial charge in [-0.15, -0.1) is 0 Å². The van der Waals surface area contributed by atoms with E-state index in [9.17, 15) is 31.0 Å². The van der Waals surface area contributed by atoms with Gasteiger partial charge in [0.2, 0.25) is 10.4 Å². The predicted molar refractivity (Wildman–Crippen MR) is 57.2 cm³/mol. The summed E-state index contributed by atoms with van der Waals surface area (Å²) in [5.74, 6) is -0.741. The van der Waals surface area contributed by atoms with Crippen LogP contribution in [-0.2, 0) is 29.6 Å². The van der Waals surface area contributed by atoms with E-state index in [1.807, 2.05) is 0 Å². The van der Waals surface area contributed by atoms with Crippen molar-refractivity contribution in [3.05, 3.63) is 0 Å². The van der Waals surface area contributed by atoms with Crippen molar-refractivity contribution in [3.8, 4) is 0 Å². The topological polar surface area (TPSA) is 165 Å². The molecule has 2 unspecified atom stereocenters. The molecule has 0 aromatic carbocycles. The minimum atomic E-state index is -4.88. The van der Waals surface area contributed by atoms with Crippen LogP contribution in [0, 0.1) is 5.92 Å². The van der Waals surface area contributed by atoms with Crippen molar-refractivity contribution in [2.45, 2.75) is 25.2 Å². The number of ether oxygens (including phenoxy) is 1. The Labute approximate surface area is 110 Å². The van der Waals surface area contributed by atoms with Gasteiger partial charge in [0, 0.05) is 5.92 Å². The number of aliphatic hydroxyl groups is 1. The zero-order valence-corrected chi connectivity index (χ0v) is 11.4. The van der Waals surface area contributed by atoms with Crippen LogP contribution >= 0.6 is 0 Å². The molecule has 19 heavy (non-hydrogen) atoms. The summed E-state index contributed by atoms with van der Waals surface area (Å²) in [5.41, 5.74) is 0. The Morgan fingerprint density at radius 1 is 1.37 bits per heavy atom. The van der Waals surface area contributed by atoms with Crippen molar-refractivity contribution in [1.29, 1.82) is 0 Å². The molecule has 0 aliphatic carbocycles. The maximum Gasteiger partial charge on any atom is 0.217 e. The van der Waals surface area contributed by atoms with E-state index in [2.05, 4.69) is 4.18 Å². The Morgan fingerprint density at radius 3 is 2.42 bits per heavy atom. The SMILES string of the molecule is C[C@@H]1C(COS(=O)(=O)[O-])OCC(NS(=O)(=O)[O-])[C@@H]1O. The van der Waals surface area contributed by atoms with E-state index in [1.165, 1.54) is 6.92 Å². The van der Waals surface area contributed by atoms with Crippen molar-refractivity contribution in [2.75, 3.05) is 13.2 Å². The molecule has 1 heterocycles. The molecule has 0 bridgehead atoms. The number of aliphatic hydroxyl groups excluding tert-OH is 1. The van der Waals surface area contributed by atoms with E-state index in [4.69, 9.17) is 4.74 Å². The largest absolute Gasteiger partial charge is 0.735 e. The standard InChI is InChI=1S/C7H15NO9S2/c1-4-6(3-17-19(13,14)15)16-2-5(7(4)9)8-18(10,11)12/h4-9H,2-3H2,1H3,(H,10,11,12)(H,13,14,15)/p-2/t4-,5?,6?,7-/m1/s1. The lowest BCUT2D eigenvalue weighted by molar-refractivity contribution is -0.114. The molecule has 1 aliphatic heterocycles. The van der Waals surface area contributed by atoms with Crippen LogP contribution in [0.1, 0.15) is 6.92 Å². The molecule has 12 heteroatoms. The fraction of sp³-hybridized carbons (Fsp3) is 1.00. The van der Waals surface area contributed by atoms with E-state index in [0.717, 1.165) is 0 Å². The molecule has 0 saturated carbocycles. The van der Waals surface area contributed by atoms with Crippen molar-refractivity contribution in [1.82, 2.24) is 4.72 Å². The number of hydrogen-bond acceptors (Lipinski definition) is 9. The molecular weight excluding hydrogens is 306 g/mol. The van der Waals surface area contributed by atoms with Crippen LogP contribution in [0.25, 0.3) is 0 Å². The van der Waals surface area contributed by atoms with E-state index in [0.29, 0.717) is 0 Å². The van der Waals surface area contributed by atoms with Crippen LogP contribution in [0.5, 0.6) is 0 Å². The van der Waals surface area contributed by atoms with Gasteiger partial charge in [0.15, 0.2) is 10.3 Å². The summed E-state index contributed by atoms with van der Waals surface area (Å²) in [5, 5.41) is 9.77. The molecule has 10 nitrogen and oxygen atoms in total. The van der Waals surface area contributed by atoms with E-state index < -0.39 is 51.5 Å². The van der Waals surface area contributed by atoms with Gasteiger partial charge in [0.05, 0.1) is 31.5 Å². The van der Waals surface area contributed by atoms with Crippen LogP contribution in [0.15, 0.2) is 0 Å². The summed E-state index contributed by atoms with van der Waals surface area (Å²) in [6.07, 6.45) is -2.19. The predicted octanol–water partition coefficient (Wildman–Crippen LogP) is -2.72. The Hall–Kier alpha value is -0.340. The highest BCUT2D eigenvalue weighted by Crippen LogP contribution is 2.22. The zero-order chi connectivity index (χ0) is 14.8. The number of nitrogens with one attached hydrogen (secondary N) is 1. The molecule has 0 aromatic rings. The summed E-state index contributed by atoms with van der Waals surface area (Å²) in [6, 6.07) is -1.14. The van der Waals surface area contributed by atoms with Gasteiger partial charge >= 0.3 is 0 Å². The van der Waals surface area contributed by atoms with Crippen molar-refractivity contribution in [2.24, 2.45) is 5.92 Å². The van der Waals surface area contributed by atoms with E-state index >= 15 is 0 Å². The molecule has 1 aliphatic rings. The Bertz CT molecular complexity index is 499. The third-order valence-electron chi connectivity index (χ3n) is 2.70. The van der Waals surface area contributed by atoms with Gasteiger partial charge in [-0.25, -0.2) is 21.6 Å². The molecule has 0 amide bonds. The summed E-state index contributed by atoms with van der Waals surface area (Å²) in [7, 11) is -9.63. The van der Waals surface area contributed by atoms with Gasteiger partial charge in [-0.2, -0.15) is 0 Å². The minimum absolute atomic E-state index is 0.347. The van der Waals surface area contributed by atoms with Crippen LogP contribution in [0.2, 0.25) is 0 Å². The molecule has 114 valence electrons. The second-order valence-corrected chi connectivity index (χ2v) is 6.29. The Morgan fingerprint density at radius 2 is 1.95 bits per heavy atom. The van der Waals surface area contributed by atoms with E-state index in [1.54, 1.807) is 4.72 Å². The molecule has 2 N–H and O–H groups in total. The van der Waals surface area contributed by atoms with Crippen LogP contribution in [-0.4, -0.2) is 62.5 Å². The lowest BCUT2D eigenvalue weighted by Gasteiger charge is -2.39. The Kier molecular flexibility index (Phi) is 5.25. The summed E-state index contributed by atoms with van der Waals surface area (Å²) in [6.45, 7) is 0.488. The van der Waals surface area contributed by atoms with Gasteiger partial charge in [0.25, 0.3) is 0 Å². The highest BCUT2D eigenvalue weighted by molar-refractivity contribution is 7.83. The molecule has 1 fully saturated rings. The van der Waals surface area contributed by atoms with Crippen molar-refractivity contribution in [3.63, 3.8) is 0 Å². The first-order valence-electron chi connectivity index (χ1n) is 5.12. The van der Waals surface area contributed by atoms with Gasteiger partial charge in [-0.3, -0.25) is 4.18 Å². The van der Waals surface area contributed by atoms with Crippen molar-refractivity contribution >= 4 is 20.7 Å². The van der Waals surface area contributed by atoms with Crippen LogP contribution in [0.4, 0.5) is 0 Å². The first kappa shape index (κ1) is 16.7. The number of rotatable bonds is 5. The normalized spacial score (nSPS) is 33.3. The average Bonchev–Trinajstić information content (AvgIpc) is 2.21. The molecule has 1 rings (SSSR count). The molecule has 1 saturated heterocycles. The minimum Gasteiger partial charge on any atom is -0.735 e. The quantitative estimate of drug-likeness (QED) is 0.404. The fourth-order valence-electron chi connectivity index (χ4n) is 1.70. The number of hydrogen-bond donors (Lipinski definition) is 2. The maximum atomic E-state index is 10.5. The highest BCUT2D eigenvalue weighted by atomic mass is 32.3. The van der Waals surface area contributed by atoms with Gasteiger partial charge in [-0.05, 0) is 0 Å². The molecule has 0 spiro atoms. The average molecular weight is 319 g/mol. The molecule has 0 radical (unpaired) electrons. The molecular formula is C7H13NO9S2-2. The summed E-state index contributed by atoms with van der Waals surface area (Å²) in [4.78, 5) is 0. The lowest BCUT2D eigenvalue weighted by Crippen LogP contribution is -2.56. The lowest BCUT2D eigenvalue weighted by atomic mass is 9.91. The summed E-state index contributed by atoms with van der Waals surface area (Å²) < 4.78 is 73.1. The van der Waals surface area contributed by atoms with Gasteiger partial charge in [-0.1, -0.05) is 6.92 Å². The second-order valence-electron chi connectivity index (χ2n) is 4.09. The second kappa shape index (κ2) is 5.97. The van der Waals surface area contributed by atoms with Gasteiger partial charge in [0.1, 0.15) is 0 Å². The Balaban J connectivity index is 2.62. The fourth-order valence-corrected chi connectivity index (χ4v) is 2.58. The van der Waals surface area contributed by atoms with Gasteiger partial charge < -0.3 is 18.9 Å². The van der Waals surface area contributed by atoms with E-state index in [-0.39, 0.29) is 6.61 Å². The molecule has 4 atom stereocenters. The monoisotopic (exact) mass is 319 g/mol. The maximum absolute atomic E-state index is 10.5. The molecule has 0 aromatic heterocycles. The third kappa shape index (κ3) is 5.66. The van der Waals surface area contributed by atoms with Crippen molar-refractivity contribution < 1.29 is 40.0 Å². The zero-order valence-electron chi connectivity index (χ0n) is 9.75. The first-order chi connectivity index (χ1) is 8.49. The van der Waals surface area contributed by atoms with Crippen LogP contribution in [0.3, 0.4) is 0 Å². The summed E-state index contributed by atoms with van der Waals surface area (Å²) >= 11 is 0. The highest BCUT2D eigenvalue weighted by Gasteiger charge is 2.37. The van der Waals surface area contributed by atoms with Crippen LogP contribution < -0.4 is 4.72 Å². The first-order valence-corrected chi connectivity index (χ1v) is 7.87.